The maximum Gasteiger partial charge on any atom is 0.313 e. The summed E-state index contributed by atoms with van der Waals surface area (Å²) in [6, 6.07) is 7.97. The maximum absolute atomic E-state index is 11.5. The van der Waals surface area contributed by atoms with E-state index in [0.717, 1.165) is 10.9 Å². The zero-order chi connectivity index (χ0) is 11.3. The van der Waals surface area contributed by atoms with Gasteiger partial charge in [-0.1, -0.05) is 40.2 Å². The molecule has 15 heavy (non-hydrogen) atoms. The van der Waals surface area contributed by atoms with E-state index in [1.807, 2.05) is 38.1 Å². The molecule has 0 amide bonds. The summed E-state index contributed by atoms with van der Waals surface area (Å²) in [6.07, 6.45) is 0. The minimum absolute atomic E-state index is 0.163. The smallest absolute Gasteiger partial charge is 0.313 e. The second-order valence-electron chi connectivity index (χ2n) is 3.35. The standard InChI is InChI=1S/C12H15BrO2/c1-3-15-12(14)9(2)11-6-4-10(8-13)5-7-11/h4-7,9H,3,8H2,1-2H3. The van der Waals surface area contributed by atoms with Gasteiger partial charge in [0.05, 0.1) is 12.5 Å². The molecule has 0 spiro atoms. The van der Waals surface area contributed by atoms with Crippen LogP contribution in [0, 0.1) is 0 Å². The first-order chi connectivity index (χ1) is 7.19. The summed E-state index contributed by atoms with van der Waals surface area (Å²) in [5.74, 6) is -0.349. The van der Waals surface area contributed by atoms with Crippen LogP contribution in [0.5, 0.6) is 0 Å². The minimum Gasteiger partial charge on any atom is -0.466 e. The second-order valence-corrected chi connectivity index (χ2v) is 3.91. The third-order valence-corrected chi connectivity index (χ3v) is 2.92. The molecule has 1 rings (SSSR count). The van der Waals surface area contributed by atoms with Crippen molar-refractivity contribution in [1.29, 1.82) is 0 Å². The number of benzene rings is 1. The molecule has 0 fully saturated rings. The van der Waals surface area contributed by atoms with Gasteiger partial charge in [0, 0.05) is 5.33 Å². The van der Waals surface area contributed by atoms with E-state index in [-0.39, 0.29) is 11.9 Å². The predicted molar refractivity (Wildman–Crippen MR) is 64.1 cm³/mol. The van der Waals surface area contributed by atoms with Crippen molar-refractivity contribution in [3.63, 3.8) is 0 Å². The van der Waals surface area contributed by atoms with Gasteiger partial charge in [0.25, 0.3) is 0 Å². The monoisotopic (exact) mass is 270 g/mol. The normalized spacial score (nSPS) is 12.2. The molecular weight excluding hydrogens is 256 g/mol. The summed E-state index contributed by atoms with van der Waals surface area (Å²) in [5, 5.41) is 0.834. The average Bonchev–Trinajstić information content (AvgIpc) is 2.28. The number of esters is 1. The summed E-state index contributed by atoms with van der Waals surface area (Å²) >= 11 is 3.38. The number of carbonyl (C=O) groups excluding carboxylic acids is 1. The molecule has 0 aliphatic rings. The van der Waals surface area contributed by atoms with Gasteiger partial charge in [0.1, 0.15) is 0 Å². The Hall–Kier alpha value is -0.830. The van der Waals surface area contributed by atoms with Crippen LogP contribution in [0.3, 0.4) is 0 Å². The van der Waals surface area contributed by atoms with E-state index in [9.17, 15) is 4.79 Å². The summed E-state index contributed by atoms with van der Waals surface area (Å²) < 4.78 is 4.97. The fraction of sp³-hybridized carbons (Fsp3) is 0.417. The van der Waals surface area contributed by atoms with Crippen molar-refractivity contribution < 1.29 is 9.53 Å². The minimum atomic E-state index is -0.186. The van der Waals surface area contributed by atoms with Gasteiger partial charge in [-0.15, -0.1) is 0 Å². The highest BCUT2D eigenvalue weighted by atomic mass is 79.9. The van der Waals surface area contributed by atoms with E-state index in [1.165, 1.54) is 5.56 Å². The van der Waals surface area contributed by atoms with Gasteiger partial charge in [-0.05, 0) is 25.0 Å². The van der Waals surface area contributed by atoms with E-state index in [2.05, 4.69) is 15.9 Å². The van der Waals surface area contributed by atoms with Gasteiger partial charge >= 0.3 is 5.97 Å². The lowest BCUT2D eigenvalue weighted by atomic mass is 10.0. The molecule has 0 aliphatic carbocycles. The fourth-order valence-electron chi connectivity index (χ4n) is 1.30. The van der Waals surface area contributed by atoms with Crippen molar-refractivity contribution in [2.45, 2.75) is 25.1 Å². The molecule has 0 aromatic heterocycles. The van der Waals surface area contributed by atoms with Crippen LogP contribution >= 0.6 is 15.9 Å². The van der Waals surface area contributed by atoms with E-state index in [1.54, 1.807) is 0 Å². The second kappa shape index (κ2) is 5.91. The van der Waals surface area contributed by atoms with E-state index < -0.39 is 0 Å². The molecule has 3 heteroatoms. The molecule has 0 heterocycles. The largest absolute Gasteiger partial charge is 0.466 e. The Balaban J connectivity index is 2.73. The molecule has 0 N–H and O–H groups in total. The van der Waals surface area contributed by atoms with Crippen LogP contribution in [0.25, 0.3) is 0 Å². The van der Waals surface area contributed by atoms with Crippen molar-refractivity contribution in [3.8, 4) is 0 Å². The Bertz CT molecular complexity index is 319. The SMILES string of the molecule is CCOC(=O)C(C)c1ccc(CBr)cc1. The molecule has 0 bridgehead atoms. The number of ether oxygens (including phenoxy) is 1. The Kier molecular flexibility index (Phi) is 4.82. The number of halogens is 1. The predicted octanol–water partition coefficient (Wildman–Crippen LogP) is 3.25. The molecule has 1 unspecified atom stereocenters. The number of hydrogen-bond donors (Lipinski definition) is 0. The number of alkyl halides is 1. The Morgan fingerprint density at radius 3 is 2.47 bits per heavy atom. The maximum atomic E-state index is 11.5. The summed E-state index contributed by atoms with van der Waals surface area (Å²) in [5.41, 5.74) is 2.20. The molecule has 0 aliphatic heterocycles. The zero-order valence-electron chi connectivity index (χ0n) is 9.00. The topological polar surface area (TPSA) is 26.3 Å². The van der Waals surface area contributed by atoms with Crippen molar-refractivity contribution in [3.05, 3.63) is 35.4 Å². The van der Waals surface area contributed by atoms with Gasteiger partial charge in [0.2, 0.25) is 0 Å². The Labute approximate surface area is 98.8 Å². The summed E-state index contributed by atoms with van der Waals surface area (Å²) in [6.45, 7) is 4.11. The van der Waals surface area contributed by atoms with Crippen molar-refractivity contribution in [2.24, 2.45) is 0 Å². The highest BCUT2D eigenvalue weighted by molar-refractivity contribution is 9.08. The van der Waals surface area contributed by atoms with Crippen molar-refractivity contribution >= 4 is 21.9 Å². The fourth-order valence-corrected chi connectivity index (χ4v) is 1.67. The van der Waals surface area contributed by atoms with Crippen LogP contribution < -0.4 is 0 Å². The molecule has 0 saturated carbocycles. The van der Waals surface area contributed by atoms with Crippen molar-refractivity contribution in [1.82, 2.24) is 0 Å². The van der Waals surface area contributed by atoms with Crippen LogP contribution in [0.2, 0.25) is 0 Å². The van der Waals surface area contributed by atoms with Crippen LogP contribution in [-0.2, 0) is 14.9 Å². The lowest BCUT2D eigenvalue weighted by molar-refractivity contribution is -0.144. The molecular formula is C12H15BrO2. The number of rotatable bonds is 4. The number of carbonyl (C=O) groups is 1. The first-order valence-corrected chi connectivity index (χ1v) is 6.12. The molecule has 1 aromatic carbocycles. The Morgan fingerprint density at radius 2 is 2.00 bits per heavy atom. The summed E-state index contributed by atoms with van der Waals surface area (Å²) in [7, 11) is 0. The molecule has 2 nitrogen and oxygen atoms in total. The molecule has 1 aromatic rings. The van der Waals surface area contributed by atoms with Gasteiger partial charge in [-0.2, -0.15) is 0 Å². The molecule has 82 valence electrons. The van der Waals surface area contributed by atoms with Gasteiger partial charge < -0.3 is 4.74 Å². The van der Waals surface area contributed by atoms with Crippen LogP contribution in [0.4, 0.5) is 0 Å². The van der Waals surface area contributed by atoms with Gasteiger partial charge in [0.15, 0.2) is 0 Å². The average molecular weight is 271 g/mol. The van der Waals surface area contributed by atoms with Crippen molar-refractivity contribution in [2.75, 3.05) is 6.61 Å². The van der Waals surface area contributed by atoms with E-state index >= 15 is 0 Å². The molecule has 1 atom stereocenters. The zero-order valence-corrected chi connectivity index (χ0v) is 10.6. The van der Waals surface area contributed by atoms with Gasteiger partial charge in [-0.3, -0.25) is 4.79 Å². The quantitative estimate of drug-likeness (QED) is 0.620. The molecule has 0 radical (unpaired) electrons. The van der Waals surface area contributed by atoms with E-state index in [4.69, 9.17) is 4.74 Å². The first-order valence-electron chi connectivity index (χ1n) is 5.00. The lowest BCUT2D eigenvalue weighted by Crippen LogP contribution is -2.12. The highest BCUT2D eigenvalue weighted by Crippen LogP contribution is 2.18. The summed E-state index contributed by atoms with van der Waals surface area (Å²) in [4.78, 5) is 11.5. The van der Waals surface area contributed by atoms with E-state index in [0.29, 0.717) is 6.61 Å². The Morgan fingerprint density at radius 1 is 1.40 bits per heavy atom. The lowest BCUT2D eigenvalue weighted by Gasteiger charge is -2.10. The van der Waals surface area contributed by atoms with Crippen LogP contribution in [-0.4, -0.2) is 12.6 Å². The number of hydrogen-bond acceptors (Lipinski definition) is 2. The highest BCUT2D eigenvalue weighted by Gasteiger charge is 2.15. The first kappa shape index (κ1) is 12.2. The third kappa shape index (κ3) is 3.34. The van der Waals surface area contributed by atoms with Gasteiger partial charge in [-0.25, -0.2) is 0 Å². The third-order valence-electron chi connectivity index (χ3n) is 2.27. The van der Waals surface area contributed by atoms with Crippen LogP contribution in [0.1, 0.15) is 30.9 Å². The molecule has 0 saturated heterocycles. The van der Waals surface area contributed by atoms with Crippen LogP contribution in [0.15, 0.2) is 24.3 Å².